The fraction of sp³-hybridized carbons (Fsp3) is 0.400. The second kappa shape index (κ2) is 2.95. The highest BCUT2D eigenvalue weighted by molar-refractivity contribution is 6.30. The van der Waals surface area contributed by atoms with E-state index in [2.05, 4.69) is 30.9 Å². The number of nitrogens with zero attached hydrogens (tertiary/aromatic N) is 3. The molecule has 2 rings (SSSR count). The van der Waals surface area contributed by atoms with Crippen LogP contribution in [-0.2, 0) is 5.54 Å². The summed E-state index contributed by atoms with van der Waals surface area (Å²) in [6, 6.07) is 1.83. The molecule has 2 aromatic rings. The number of rotatable bonds is 0. The SMILES string of the molecule is CC(C)(C)n1cc2cc(Cl)ncc2n1. The van der Waals surface area contributed by atoms with Crippen molar-refractivity contribution in [3.8, 4) is 0 Å². The highest BCUT2D eigenvalue weighted by atomic mass is 35.5. The first-order valence-corrected chi connectivity index (χ1v) is 4.86. The summed E-state index contributed by atoms with van der Waals surface area (Å²) < 4.78 is 1.93. The average molecular weight is 210 g/mol. The Morgan fingerprint density at radius 3 is 2.71 bits per heavy atom. The zero-order chi connectivity index (χ0) is 10.3. The number of fused-ring (bicyclic) bond motifs is 1. The van der Waals surface area contributed by atoms with Gasteiger partial charge in [0.2, 0.25) is 0 Å². The predicted octanol–water partition coefficient (Wildman–Crippen LogP) is 2.84. The van der Waals surface area contributed by atoms with Crippen LogP contribution in [0.25, 0.3) is 10.9 Å². The fourth-order valence-electron chi connectivity index (χ4n) is 1.24. The lowest BCUT2D eigenvalue weighted by Crippen LogP contribution is -2.21. The molecule has 14 heavy (non-hydrogen) atoms. The van der Waals surface area contributed by atoms with Crippen LogP contribution in [0.4, 0.5) is 0 Å². The topological polar surface area (TPSA) is 30.7 Å². The van der Waals surface area contributed by atoms with Gasteiger partial charge in [0.25, 0.3) is 0 Å². The Morgan fingerprint density at radius 1 is 1.36 bits per heavy atom. The van der Waals surface area contributed by atoms with Gasteiger partial charge in [-0.25, -0.2) is 4.98 Å². The lowest BCUT2D eigenvalue weighted by atomic mass is 10.1. The van der Waals surface area contributed by atoms with E-state index in [1.54, 1.807) is 6.20 Å². The van der Waals surface area contributed by atoms with Crippen LogP contribution < -0.4 is 0 Å². The predicted molar refractivity (Wildman–Crippen MR) is 57.5 cm³/mol. The standard InChI is InChI=1S/C10H12ClN3/c1-10(2,3)14-6-7-4-9(11)12-5-8(7)13-14/h4-6H,1-3H3. The minimum atomic E-state index is -0.00844. The van der Waals surface area contributed by atoms with Crippen molar-refractivity contribution in [2.45, 2.75) is 26.3 Å². The van der Waals surface area contributed by atoms with E-state index in [4.69, 9.17) is 11.6 Å². The van der Waals surface area contributed by atoms with E-state index in [0.717, 1.165) is 10.9 Å². The molecule has 2 heterocycles. The van der Waals surface area contributed by atoms with Crippen LogP contribution in [0, 0.1) is 0 Å². The summed E-state index contributed by atoms with van der Waals surface area (Å²) in [7, 11) is 0. The van der Waals surface area contributed by atoms with Crippen molar-refractivity contribution in [2.24, 2.45) is 0 Å². The molecule has 0 saturated carbocycles. The van der Waals surface area contributed by atoms with Gasteiger partial charge in [-0.3, -0.25) is 4.68 Å². The van der Waals surface area contributed by atoms with Crippen molar-refractivity contribution in [2.75, 3.05) is 0 Å². The van der Waals surface area contributed by atoms with Crippen LogP contribution in [0.5, 0.6) is 0 Å². The summed E-state index contributed by atoms with van der Waals surface area (Å²) in [5.41, 5.74) is 0.871. The Hall–Kier alpha value is -1.09. The van der Waals surface area contributed by atoms with Crippen LogP contribution in [-0.4, -0.2) is 14.8 Å². The maximum Gasteiger partial charge on any atom is 0.129 e. The molecule has 0 aliphatic carbocycles. The van der Waals surface area contributed by atoms with Gasteiger partial charge < -0.3 is 0 Å². The van der Waals surface area contributed by atoms with Crippen molar-refractivity contribution >= 4 is 22.5 Å². The number of hydrogen-bond acceptors (Lipinski definition) is 2. The summed E-state index contributed by atoms with van der Waals surface area (Å²) in [5.74, 6) is 0. The van der Waals surface area contributed by atoms with E-state index in [0.29, 0.717) is 5.15 Å². The molecule has 0 aliphatic rings. The smallest absolute Gasteiger partial charge is 0.129 e. The number of hydrogen-bond donors (Lipinski definition) is 0. The Bertz CT molecular complexity index is 468. The van der Waals surface area contributed by atoms with Crippen molar-refractivity contribution < 1.29 is 0 Å². The Morgan fingerprint density at radius 2 is 2.07 bits per heavy atom. The first-order chi connectivity index (χ1) is 6.47. The lowest BCUT2D eigenvalue weighted by molar-refractivity contribution is 0.358. The monoisotopic (exact) mass is 209 g/mol. The van der Waals surface area contributed by atoms with Gasteiger partial charge in [0, 0.05) is 11.6 Å². The van der Waals surface area contributed by atoms with E-state index in [1.807, 2.05) is 16.9 Å². The van der Waals surface area contributed by atoms with E-state index < -0.39 is 0 Å². The van der Waals surface area contributed by atoms with Gasteiger partial charge in [-0.05, 0) is 26.8 Å². The van der Waals surface area contributed by atoms with Gasteiger partial charge in [0.15, 0.2) is 0 Å². The Kier molecular flexibility index (Phi) is 2.00. The molecule has 0 fully saturated rings. The minimum absolute atomic E-state index is 0.00844. The van der Waals surface area contributed by atoms with Crippen molar-refractivity contribution in [1.29, 1.82) is 0 Å². The number of aromatic nitrogens is 3. The molecular formula is C10H12ClN3. The average Bonchev–Trinajstić information content (AvgIpc) is 2.45. The molecule has 3 nitrogen and oxygen atoms in total. The molecule has 4 heteroatoms. The van der Waals surface area contributed by atoms with E-state index in [9.17, 15) is 0 Å². The molecule has 2 aromatic heterocycles. The third-order valence-corrected chi connectivity index (χ3v) is 2.25. The largest absolute Gasteiger partial charge is 0.266 e. The van der Waals surface area contributed by atoms with Crippen molar-refractivity contribution in [1.82, 2.24) is 14.8 Å². The fourth-order valence-corrected chi connectivity index (χ4v) is 1.41. The van der Waals surface area contributed by atoms with Gasteiger partial charge in [-0.1, -0.05) is 11.6 Å². The first kappa shape index (κ1) is 9.46. The van der Waals surface area contributed by atoms with E-state index in [-0.39, 0.29) is 5.54 Å². The molecule has 0 radical (unpaired) electrons. The molecule has 0 aliphatic heterocycles. The van der Waals surface area contributed by atoms with Gasteiger partial charge in [-0.15, -0.1) is 0 Å². The summed E-state index contributed by atoms with van der Waals surface area (Å²) in [5, 5.41) is 5.95. The zero-order valence-electron chi connectivity index (χ0n) is 8.45. The van der Waals surface area contributed by atoms with Gasteiger partial charge in [-0.2, -0.15) is 5.10 Å². The second-order valence-corrected chi connectivity index (χ2v) is 4.70. The minimum Gasteiger partial charge on any atom is -0.266 e. The summed E-state index contributed by atoms with van der Waals surface area (Å²) in [6.45, 7) is 6.32. The maximum absolute atomic E-state index is 5.79. The molecule has 0 saturated heterocycles. The molecule has 0 N–H and O–H groups in total. The summed E-state index contributed by atoms with van der Waals surface area (Å²) >= 11 is 5.79. The first-order valence-electron chi connectivity index (χ1n) is 4.48. The Balaban J connectivity index is 2.63. The van der Waals surface area contributed by atoms with Gasteiger partial charge >= 0.3 is 0 Å². The molecule has 0 aromatic carbocycles. The quantitative estimate of drug-likeness (QED) is 0.625. The highest BCUT2D eigenvalue weighted by Crippen LogP contribution is 2.20. The molecule has 0 spiro atoms. The zero-order valence-corrected chi connectivity index (χ0v) is 9.21. The van der Waals surface area contributed by atoms with Crippen LogP contribution in [0.1, 0.15) is 20.8 Å². The van der Waals surface area contributed by atoms with Crippen LogP contribution in [0.2, 0.25) is 5.15 Å². The lowest BCUT2D eigenvalue weighted by Gasteiger charge is -2.18. The molecule has 0 unspecified atom stereocenters. The molecule has 0 bridgehead atoms. The third-order valence-electron chi connectivity index (χ3n) is 2.04. The van der Waals surface area contributed by atoms with Crippen LogP contribution in [0.3, 0.4) is 0 Å². The number of pyridine rings is 1. The molecule has 74 valence electrons. The van der Waals surface area contributed by atoms with Crippen LogP contribution >= 0.6 is 11.6 Å². The molecular weight excluding hydrogens is 198 g/mol. The van der Waals surface area contributed by atoms with E-state index in [1.165, 1.54) is 0 Å². The normalized spacial score (nSPS) is 12.3. The maximum atomic E-state index is 5.79. The third kappa shape index (κ3) is 1.60. The summed E-state index contributed by atoms with van der Waals surface area (Å²) in [6.07, 6.45) is 3.68. The van der Waals surface area contributed by atoms with Crippen molar-refractivity contribution in [3.63, 3.8) is 0 Å². The summed E-state index contributed by atoms with van der Waals surface area (Å²) in [4.78, 5) is 3.99. The Labute approximate surface area is 87.7 Å². The molecule has 0 amide bonds. The molecule has 0 atom stereocenters. The van der Waals surface area contributed by atoms with Gasteiger partial charge in [0.05, 0.1) is 11.7 Å². The number of halogens is 1. The van der Waals surface area contributed by atoms with Gasteiger partial charge in [0.1, 0.15) is 10.7 Å². The highest BCUT2D eigenvalue weighted by Gasteiger charge is 2.14. The van der Waals surface area contributed by atoms with Crippen LogP contribution in [0.15, 0.2) is 18.5 Å². The second-order valence-electron chi connectivity index (χ2n) is 4.31. The van der Waals surface area contributed by atoms with Crippen molar-refractivity contribution in [3.05, 3.63) is 23.6 Å². The van der Waals surface area contributed by atoms with E-state index >= 15 is 0 Å².